The first-order valence-corrected chi connectivity index (χ1v) is 6.93. The Kier molecular flexibility index (Phi) is 3.89. The number of benzene rings is 1. The molecular weight excluding hydrogens is 276 g/mol. The summed E-state index contributed by atoms with van der Waals surface area (Å²) in [5.41, 5.74) is 8.30. The highest BCUT2D eigenvalue weighted by Crippen LogP contribution is 2.30. The molecule has 2 N–H and O–H groups in total. The van der Waals surface area contributed by atoms with E-state index in [0.29, 0.717) is 6.04 Å². The number of nitrogens with two attached hydrogens (primary N) is 1. The fourth-order valence-electron chi connectivity index (χ4n) is 2.36. The van der Waals surface area contributed by atoms with Crippen molar-refractivity contribution < 1.29 is 0 Å². The summed E-state index contributed by atoms with van der Waals surface area (Å²) >= 11 is 3.62. The summed E-state index contributed by atoms with van der Waals surface area (Å²) < 4.78 is 3.58. The maximum absolute atomic E-state index is 5.61. The van der Waals surface area contributed by atoms with Crippen LogP contribution in [0.15, 0.2) is 28.7 Å². The standard InChI is InChI=1S/C14H19BrN2/c1-10(2)17-11(5-4-8-16)9-12-13(15)6-3-7-14(12)17/h3,6-7,9-10H,4-5,8,16H2,1-2H3. The van der Waals surface area contributed by atoms with Gasteiger partial charge in [-0.1, -0.05) is 22.0 Å². The Morgan fingerprint density at radius 1 is 1.35 bits per heavy atom. The second-order valence-corrected chi connectivity index (χ2v) is 5.52. The summed E-state index contributed by atoms with van der Waals surface area (Å²) in [6, 6.07) is 9.15. The highest BCUT2D eigenvalue weighted by atomic mass is 79.9. The molecule has 3 heteroatoms. The number of aryl methyl sites for hydroxylation is 1. The normalized spacial score (nSPS) is 11.6. The predicted octanol–water partition coefficient (Wildman–Crippen LogP) is 3.88. The minimum absolute atomic E-state index is 0.481. The molecule has 0 bridgehead atoms. The van der Waals surface area contributed by atoms with Crippen LogP contribution in [0.4, 0.5) is 0 Å². The van der Waals surface area contributed by atoms with Crippen molar-refractivity contribution in [3.8, 4) is 0 Å². The van der Waals surface area contributed by atoms with Crippen LogP contribution in [-0.4, -0.2) is 11.1 Å². The number of hydrogen-bond donors (Lipinski definition) is 1. The molecular formula is C14H19BrN2. The van der Waals surface area contributed by atoms with Crippen molar-refractivity contribution in [3.05, 3.63) is 34.4 Å². The number of hydrogen-bond acceptors (Lipinski definition) is 1. The molecule has 0 amide bonds. The Morgan fingerprint density at radius 3 is 2.76 bits per heavy atom. The van der Waals surface area contributed by atoms with Crippen molar-refractivity contribution in [1.82, 2.24) is 4.57 Å². The maximum atomic E-state index is 5.61. The van der Waals surface area contributed by atoms with Gasteiger partial charge in [-0.3, -0.25) is 0 Å². The number of aromatic nitrogens is 1. The van der Waals surface area contributed by atoms with Gasteiger partial charge in [-0.25, -0.2) is 0 Å². The molecule has 0 aliphatic carbocycles. The molecule has 0 unspecified atom stereocenters. The Balaban J connectivity index is 2.58. The first kappa shape index (κ1) is 12.7. The zero-order valence-electron chi connectivity index (χ0n) is 10.4. The van der Waals surface area contributed by atoms with Crippen LogP contribution in [0.1, 0.15) is 32.0 Å². The van der Waals surface area contributed by atoms with Crippen LogP contribution in [0, 0.1) is 0 Å². The van der Waals surface area contributed by atoms with Gasteiger partial charge < -0.3 is 10.3 Å². The second-order valence-electron chi connectivity index (χ2n) is 4.66. The first-order valence-electron chi connectivity index (χ1n) is 6.13. The average molecular weight is 295 g/mol. The van der Waals surface area contributed by atoms with Gasteiger partial charge in [0.25, 0.3) is 0 Å². The molecule has 0 spiro atoms. The lowest BCUT2D eigenvalue weighted by Crippen LogP contribution is -2.07. The van der Waals surface area contributed by atoms with Crippen molar-refractivity contribution in [2.24, 2.45) is 5.73 Å². The van der Waals surface area contributed by atoms with Gasteiger partial charge in [0, 0.05) is 27.1 Å². The van der Waals surface area contributed by atoms with Gasteiger partial charge in [-0.05, 0) is 51.4 Å². The quantitative estimate of drug-likeness (QED) is 0.912. The summed E-state index contributed by atoms with van der Waals surface area (Å²) in [5.74, 6) is 0. The molecule has 0 saturated carbocycles. The van der Waals surface area contributed by atoms with Crippen molar-refractivity contribution in [1.29, 1.82) is 0 Å². The Labute approximate surface area is 111 Å². The van der Waals surface area contributed by atoms with E-state index in [-0.39, 0.29) is 0 Å². The van der Waals surface area contributed by atoms with E-state index in [1.165, 1.54) is 21.1 Å². The van der Waals surface area contributed by atoms with Crippen molar-refractivity contribution in [2.75, 3.05) is 6.54 Å². The van der Waals surface area contributed by atoms with E-state index in [2.05, 4.69) is 58.6 Å². The molecule has 92 valence electrons. The Hall–Kier alpha value is -0.800. The minimum atomic E-state index is 0.481. The monoisotopic (exact) mass is 294 g/mol. The highest BCUT2D eigenvalue weighted by molar-refractivity contribution is 9.10. The third-order valence-electron chi connectivity index (χ3n) is 3.06. The summed E-state index contributed by atoms with van der Waals surface area (Å²) in [7, 11) is 0. The molecule has 2 aromatic rings. The lowest BCUT2D eigenvalue weighted by Gasteiger charge is -2.14. The number of nitrogens with zero attached hydrogens (tertiary/aromatic N) is 1. The van der Waals surface area contributed by atoms with E-state index in [0.717, 1.165) is 19.4 Å². The third-order valence-corrected chi connectivity index (χ3v) is 3.75. The van der Waals surface area contributed by atoms with E-state index in [9.17, 15) is 0 Å². The van der Waals surface area contributed by atoms with E-state index in [1.54, 1.807) is 0 Å². The van der Waals surface area contributed by atoms with Gasteiger partial charge >= 0.3 is 0 Å². The fourth-order valence-corrected chi connectivity index (χ4v) is 2.83. The molecule has 0 aliphatic heterocycles. The van der Waals surface area contributed by atoms with Crippen molar-refractivity contribution >= 4 is 26.8 Å². The molecule has 0 radical (unpaired) electrons. The van der Waals surface area contributed by atoms with Crippen LogP contribution in [0.2, 0.25) is 0 Å². The number of rotatable bonds is 4. The minimum Gasteiger partial charge on any atom is -0.342 e. The molecule has 0 aliphatic rings. The molecule has 1 aromatic carbocycles. The van der Waals surface area contributed by atoms with Crippen molar-refractivity contribution in [3.63, 3.8) is 0 Å². The van der Waals surface area contributed by atoms with Gasteiger partial charge in [-0.2, -0.15) is 0 Å². The summed E-state index contributed by atoms with van der Waals surface area (Å²) in [4.78, 5) is 0. The zero-order chi connectivity index (χ0) is 12.4. The lowest BCUT2D eigenvalue weighted by molar-refractivity contribution is 0.587. The Morgan fingerprint density at radius 2 is 2.12 bits per heavy atom. The summed E-state index contributed by atoms with van der Waals surface area (Å²) in [5, 5.41) is 1.30. The highest BCUT2D eigenvalue weighted by Gasteiger charge is 2.12. The molecule has 1 aromatic heterocycles. The van der Waals surface area contributed by atoms with E-state index >= 15 is 0 Å². The predicted molar refractivity (Wildman–Crippen MR) is 77.4 cm³/mol. The summed E-state index contributed by atoms with van der Waals surface area (Å²) in [6.45, 7) is 5.21. The average Bonchev–Trinajstić information content (AvgIpc) is 2.66. The van der Waals surface area contributed by atoms with E-state index in [4.69, 9.17) is 5.73 Å². The zero-order valence-corrected chi connectivity index (χ0v) is 12.0. The molecule has 17 heavy (non-hydrogen) atoms. The molecule has 0 atom stereocenters. The molecule has 2 rings (SSSR count). The summed E-state index contributed by atoms with van der Waals surface area (Å²) in [6.07, 6.45) is 2.09. The van der Waals surface area contributed by atoms with Crippen LogP contribution < -0.4 is 5.73 Å². The van der Waals surface area contributed by atoms with Crippen LogP contribution in [0.3, 0.4) is 0 Å². The first-order chi connectivity index (χ1) is 8.15. The number of fused-ring (bicyclic) bond motifs is 1. The maximum Gasteiger partial charge on any atom is 0.0496 e. The van der Waals surface area contributed by atoms with Crippen molar-refractivity contribution in [2.45, 2.75) is 32.7 Å². The van der Waals surface area contributed by atoms with Gasteiger partial charge in [0.05, 0.1) is 0 Å². The van der Waals surface area contributed by atoms with Crippen LogP contribution in [-0.2, 0) is 6.42 Å². The molecule has 1 heterocycles. The second kappa shape index (κ2) is 5.23. The lowest BCUT2D eigenvalue weighted by atomic mass is 10.2. The van der Waals surface area contributed by atoms with E-state index in [1.807, 2.05) is 0 Å². The third kappa shape index (κ3) is 2.40. The molecule has 0 fully saturated rings. The van der Waals surface area contributed by atoms with E-state index < -0.39 is 0 Å². The van der Waals surface area contributed by atoms with Crippen LogP contribution in [0.25, 0.3) is 10.9 Å². The topological polar surface area (TPSA) is 30.9 Å². The Bertz CT molecular complexity index is 514. The fraction of sp³-hybridized carbons (Fsp3) is 0.429. The van der Waals surface area contributed by atoms with Gasteiger partial charge in [-0.15, -0.1) is 0 Å². The largest absolute Gasteiger partial charge is 0.342 e. The SMILES string of the molecule is CC(C)n1c(CCCN)cc2c(Br)cccc21. The van der Waals surface area contributed by atoms with Crippen LogP contribution >= 0.6 is 15.9 Å². The molecule has 2 nitrogen and oxygen atoms in total. The smallest absolute Gasteiger partial charge is 0.0496 e. The molecule has 0 saturated heterocycles. The van der Waals surface area contributed by atoms with Gasteiger partial charge in [0.1, 0.15) is 0 Å². The van der Waals surface area contributed by atoms with Gasteiger partial charge in [0.2, 0.25) is 0 Å². The van der Waals surface area contributed by atoms with Crippen LogP contribution in [0.5, 0.6) is 0 Å². The van der Waals surface area contributed by atoms with Gasteiger partial charge in [0.15, 0.2) is 0 Å². The number of halogens is 1.